The maximum absolute atomic E-state index is 13.3. The first-order valence-electron chi connectivity index (χ1n) is 10.6. The number of ether oxygens (including phenoxy) is 1. The predicted molar refractivity (Wildman–Crippen MR) is 120 cm³/mol. The molecule has 6 heteroatoms. The molecule has 0 radical (unpaired) electrons. The van der Waals surface area contributed by atoms with Gasteiger partial charge in [0.1, 0.15) is 5.75 Å². The maximum atomic E-state index is 13.3. The van der Waals surface area contributed by atoms with Gasteiger partial charge in [0.25, 0.3) is 5.91 Å². The van der Waals surface area contributed by atoms with Crippen molar-refractivity contribution < 1.29 is 9.53 Å². The minimum absolute atomic E-state index is 0.0347. The highest BCUT2D eigenvalue weighted by atomic mass is 35.5. The van der Waals surface area contributed by atoms with E-state index in [2.05, 4.69) is 11.8 Å². The molecule has 0 N–H and O–H groups in total. The lowest BCUT2D eigenvalue weighted by atomic mass is 9.98. The van der Waals surface area contributed by atoms with Gasteiger partial charge in [0, 0.05) is 17.0 Å². The molecule has 0 bridgehead atoms. The predicted octanol–water partition coefficient (Wildman–Crippen LogP) is 4.76. The van der Waals surface area contributed by atoms with Crippen molar-refractivity contribution in [3.63, 3.8) is 0 Å². The number of rotatable bonds is 5. The molecule has 5 nitrogen and oxygen atoms in total. The Hall–Kier alpha value is -2.37. The summed E-state index contributed by atoms with van der Waals surface area (Å²) in [6.07, 6.45) is 2.92. The van der Waals surface area contributed by atoms with Crippen LogP contribution in [-0.4, -0.2) is 48.3 Å². The molecule has 0 spiro atoms. The molecule has 4 rings (SSSR count). The number of nitrogens with zero attached hydrogens (tertiary/aromatic N) is 3. The van der Waals surface area contributed by atoms with Crippen molar-refractivity contribution in [2.75, 3.05) is 26.7 Å². The minimum atomic E-state index is -0.140. The number of amides is 1. The van der Waals surface area contributed by atoms with Crippen molar-refractivity contribution in [1.82, 2.24) is 9.91 Å². The van der Waals surface area contributed by atoms with Gasteiger partial charge in [-0.05, 0) is 55.6 Å². The first kappa shape index (κ1) is 20.9. The number of carbonyl (C=O) groups is 1. The summed E-state index contributed by atoms with van der Waals surface area (Å²) in [5.41, 5.74) is 2.78. The van der Waals surface area contributed by atoms with Crippen LogP contribution in [-0.2, 0) is 4.79 Å². The summed E-state index contributed by atoms with van der Waals surface area (Å²) >= 11 is 6.43. The topological polar surface area (TPSA) is 45.1 Å². The number of carbonyl (C=O) groups excluding carboxylic acids is 1. The molecule has 2 aromatic carbocycles. The van der Waals surface area contributed by atoms with Crippen LogP contribution in [0.5, 0.6) is 5.75 Å². The fraction of sp³-hybridized carbons (Fsp3) is 0.417. The van der Waals surface area contributed by atoms with Crippen molar-refractivity contribution in [1.29, 1.82) is 0 Å². The Morgan fingerprint density at radius 2 is 1.83 bits per heavy atom. The van der Waals surface area contributed by atoms with E-state index in [1.807, 2.05) is 48.5 Å². The summed E-state index contributed by atoms with van der Waals surface area (Å²) in [4.78, 5) is 15.5. The van der Waals surface area contributed by atoms with Crippen LogP contribution >= 0.6 is 11.6 Å². The molecule has 0 aliphatic carbocycles. The molecule has 2 aromatic rings. The Labute approximate surface area is 183 Å². The molecular weight excluding hydrogens is 398 g/mol. The van der Waals surface area contributed by atoms with Crippen molar-refractivity contribution in [3.05, 3.63) is 64.7 Å². The molecule has 0 unspecified atom stereocenters. The summed E-state index contributed by atoms with van der Waals surface area (Å²) in [7, 11) is 1.65. The highest BCUT2D eigenvalue weighted by molar-refractivity contribution is 6.34. The number of hydrazone groups is 1. The molecule has 1 atom stereocenters. The van der Waals surface area contributed by atoms with Crippen LogP contribution in [0.15, 0.2) is 53.6 Å². The van der Waals surface area contributed by atoms with Crippen LogP contribution < -0.4 is 4.74 Å². The third-order valence-corrected chi connectivity index (χ3v) is 6.42. The molecule has 30 heavy (non-hydrogen) atoms. The SMILES string of the molecule is COc1ccc([C@@H]2CC(c3ccccc3Cl)=NN2C(=O)CN2CCC(C)CC2)cc1. The van der Waals surface area contributed by atoms with E-state index in [9.17, 15) is 4.79 Å². The lowest BCUT2D eigenvalue weighted by molar-refractivity contribution is -0.134. The third-order valence-electron chi connectivity index (χ3n) is 6.09. The highest BCUT2D eigenvalue weighted by Gasteiger charge is 2.34. The van der Waals surface area contributed by atoms with E-state index in [1.54, 1.807) is 12.1 Å². The fourth-order valence-corrected chi connectivity index (χ4v) is 4.41. The van der Waals surface area contributed by atoms with Crippen LogP contribution in [0, 0.1) is 5.92 Å². The Morgan fingerprint density at radius 1 is 1.13 bits per heavy atom. The van der Waals surface area contributed by atoms with E-state index in [0.29, 0.717) is 18.0 Å². The summed E-state index contributed by atoms with van der Waals surface area (Å²) in [5.74, 6) is 1.57. The lowest BCUT2D eigenvalue weighted by Crippen LogP contribution is -2.41. The third kappa shape index (κ3) is 4.52. The van der Waals surface area contributed by atoms with Crippen LogP contribution in [0.2, 0.25) is 5.02 Å². The summed E-state index contributed by atoms with van der Waals surface area (Å²) in [6.45, 7) is 4.61. The van der Waals surface area contributed by atoms with E-state index in [-0.39, 0.29) is 11.9 Å². The van der Waals surface area contributed by atoms with E-state index >= 15 is 0 Å². The average Bonchev–Trinajstić information content (AvgIpc) is 3.21. The van der Waals surface area contributed by atoms with Crippen molar-refractivity contribution in [2.24, 2.45) is 11.0 Å². The van der Waals surface area contributed by atoms with Crippen molar-refractivity contribution in [2.45, 2.75) is 32.2 Å². The van der Waals surface area contributed by atoms with Gasteiger partial charge >= 0.3 is 0 Å². The molecule has 0 saturated carbocycles. The summed E-state index contributed by atoms with van der Waals surface area (Å²) in [6, 6.07) is 15.4. The van der Waals surface area contributed by atoms with Gasteiger partial charge in [0.05, 0.1) is 25.4 Å². The number of methoxy groups -OCH3 is 1. The van der Waals surface area contributed by atoms with Gasteiger partial charge in [-0.15, -0.1) is 0 Å². The fourth-order valence-electron chi connectivity index (χ4n) is 4.17. The molecule has 2 aliphatic heterocycles. The van der Waals surface area contributed by atoms with Crippen molar-refractivity contribution >= 4 is 23.2 Å². The van der Waals surface area contributed by atoms with E-state index in [4.69, 9.17) is 21.4 Å². The average molecular weight is 426 g/mol. The number of halogens is 1. The Balaban J connectivity index is 1.59. The molecular formula is C24H28ClN3O2. The second kappa shape index (κ2) is 9.19. The second-order valence-electron chi connectivity index (χ2n) is 8.22. The minimum Gasteiger partial charge on any atom is -0.497 e. The van der Waals surface area contributed by atoms with Gasteiger partial charge < -0.3 is 4.74 Å². The van der Waals surface area contributed by atoms with E-state index in [1.165, 1.54) is 0 Å². The molecule has 1 fully saturated rings. The lowest BCUT2D eigenvalue weighted by Gasteiger charge is -2.31. The van der Waals surface area contributed by atoms with Crippen LogP contribution in [0.1, 0.15) is 43.4 Å². The Morgan fingerprint density at radius 3 is 2.50 bits per heavy atom. The number of hydrogen-bond acceptors (Lipinski definition) is 4. The van der Waals surface area contributed by atoms with Crippen LogP contribution in [0.3, 0.4) is 0 Å². The first-order valence-corrected chi connectivity index (χ1v) is 10.9. The second-order valence-corrected chi connectivity index (χ2v) is 8.62. The van der Waals surface area contributed by atoms with Crippen molar-refractivity contribution in [3.8, 4) is 5.75 Å². The number of benzene rings is 2. The largest absolute Gasteiger partial charge is 0.497 e. The normalized spacial score (nSPS) is 20.3. The first-order chi connectivity index (χ1) is 14.5. The monoisotopic (exact) mass is 425 g/mol. The Kier molecular flexibility index (Phi) is 6.40. The van der Waals surface area contributed by atoms with E-state index < -0.39 is 0 Å². The zero-order chi connectivity index (χ0) is 21.1. The van der Waals surface area contributed by atoms with Gasteiger partial charge in [-0.1, -0.05) is 48.9 Å². The zero-order valence-electron chi connectivity index (χ0n) is 17.6. The van der Waals surface area contributed by atoms with Crippen LogP contribution in [0.25, 0.3) is 0 Å². The molecule has 0 aromatic heterocycles. The molecule has 1 amide bonds. The number of piperidine rings is 1. The molecule has 2 aliphatic rings. The number of likely N-dealkylation sites (tertiary alicyclic amines) is 1. The molecule has 2 heterocycles. The Bertz CT molecular complexity index is 920. The van der Waals surface area contributed by atoms with Gasteiger partial charge in [-0.2, -0.15) is 5.10 Å². The maximum Gasteiger partial charge on any atom is 0.257 e. The zero-order valence-corrected chi connectivity index (χ0v) is 18.3. The molecule has 1 saturated heterocycles. The summed E-state index contributed by atoms with van der Waals surface area (Å²) in [5, 5.41) is 7.08. The molecule has 158 valence electrons. The van der Waals surface area contributed by atoms with E-state index in [0.717, 1.165) is 54.4 Å². The van der Waals surface area contributed by atoms with Gasteiger partial charge in [0.2, 0.25) is 0 Å². The van der Waals surface area contributed by atoms with Crippen LogP contribution in [0.4, 0.5) is 0 Å². The van der Waals surface area contributed by atoms with Gasteiger partial charge in [-0.25, -0.2) is 5.01 Å². The number of hydrogen-bond donors (Lipinski definition) is 0. The van der Waals surface area contributed by atoms with Gasteiger partial charge in [-0.3, -0.25) is 9.69 Å². The highest BCUT2D eigenvalue weighted by Crippen LogP contribution is 2.35. The smallest absolute Gasteiger partial charge is 0.257 e. The standard InChI is InChI=1S/C24H28ClN3O2/c1-17-11-13-27(14-12-17)16-24(29)28-23(18-7-9-19(30-2)10-8-18)15-22(26-28)20-5-3-4-6-21(20)25/h3-10,17,23H,11-16H2,1-2H3/t23-/m0/s1. The summed E-state index contributed by atoms with van der Waals surface area (Å²) < 4.78 is 5.29. The van der Waals surface area contributed by atoms with Gasteiger partial charge in [0.15, 0.2) is 0 Å². The quantitative estimate of drug-likeness (QED) is 0.693.